The van der Waals surface area contributed by atoms with Crippen molar-refractivity contribution in [2.24, 2.45) is 0 Å². The molecule has 10 heteroatoms. The summed E-state index contributed by atoms with van der Waals surface area (Å²) < 4.78 is 13.2. The summed E-state index contributed by atoms with van der Waals surface area (Å²) in [4.78, 5) is 24.4. The van der Waals surface area contributed by atoms with Crippen LogP contribution < -0.4 is 9.47 Å². The molecule has 188 valence electrons. The Bertz CT molecular complexity index is 1500. The van der Waals surface area contributed by atoms with Crippen LogP contribution in [0.4, 0.5) is 0 Å². The summed E-state index contributed by atoms with van der Waals surface area (Å²) in [7, 11) is 0. The van der Waals surface area contributed by atoms with E-state index in [1.54, 1.807) is 53.5 Å². The second-order valence-electron chi connectivity index (χ2n) is 8.45. The van der Waals surface area contributed by atoms with Gasteiger partial charge in [-0.05, 0) is 60.5 Å². The van der Waals surface area contributed by atoms with Gasteiger partial charge in [-0.3, -0.25) is 9.59 Å². The van der Waals surface area contributed by atoms with Crippen molar-refractivity contribution >= 4 is 46.6 Å². The topological polar surface area (TPSA) is 90.7 Å². The van der Waals surface area contributed by atoms with Crippen molar-refractivity contribution in [3.05, 3.63) is 98.7 Å². The van der Waals surface area contributed by atoms with Gasteiger partial charge in [-0.25, -0.2) is 4.68 Å². The van der Waals surface area contributed by atoms with Gasteiger partial charge in [0.1, 0.15) is 16.5 Å². The maximum atomic E-state index is 12.8. The standard InChI is InChI=1S/C27H19Cl3N2O5/c28-17-2-1-3-18(11-17)32-14-15(13-31-32)10-23(33)16-4-6-19(7-5-16)37-26-22(29)12-21-20(27(34)35)8-9-36-25(21)24(26)30/h1-7,11-14,20H,8-10H2,(H,34,35)/t20-/m0/s1. The van der Waals surface area contributed by atoms with E-state index < -0.39 is 11.9 Å². The zero-order valence-corrected chi connectivity index (χ0v) is 21.4. The van der Waals surface area contributed by atoms with Crippen LogP contribution in [-0.4, -0.2) is 33.2 Å². The minimum atomic E-state index is -0.970. The highest BCUT2D eigenvalue weighted by Crippen LogP contribution is 2.48. The number of rotatable bonds is 7. The molecule has 0 saturated heterocycles. The first-order valence-electron chi connectivity index (χ1n) is 11.3. The number of nitrogens with zero attached hydrogens (tertiary/aromatic N) is 2. The predicted octanol–water partition coefficient (Wildman–Crippen LogP) is 7.00. The minimum Gasteiger partial charge on any atom is -0.492 e. The van der Waals surface area contributed by atoms with Gasteiger partial charge in [-0.15, -0.1) is 0 Å². The van der Waals surface area contributed by atoms with Gasteiger partial charge in [0.2, 0.25) is 0 Å². The molecule has 7 nitrogen and oxygen atoms in total. The van der Waals surface area contributed by atoms with Crippen LogP contribution in [0, 0.1) is 0 Å². The van der Waals surface area contributed by atoms with Crippen molar-refractivity contribution in [1.29, 1.82) is 0 Å². The van der Waals surface area contributed by atoms with Crippen LogP contribution in [0.15, 0.2) is 67.0 Å². The number of Topliss-reactive ketones (excluding diaryl/α,β-unsaturated/α-hetero) is 1. The summed E-state index contributed by atoms with van der Waals surface area (Å²) in [5.74, 6) is -1.00. The second kappa shape index (κ2) is 10.5. The van der Waals surface area contributed by atoms with E-state index in [9.17, 15) is 14.7 Å². The Balaban J connectivity index is 1.30. The molecule has 0 saturated carbocycles. The summed E-state index contributed by atoms with van der Waals surface area (Å²) in [5.41, 5.74) is 2.48. The SMILES string of the molecule is O=C(Cc1cnn(-c2cccc(Cl)c2)c1)c1ccc(Oc2c(Cl)cc3c(c2Cl)OCC[C@@H]3C(=O)O)cc1. The molecular weight excluding hydrogens is 539 g/mol. The lowest BCUT2D eigenvalue weighted by atomic mass is 9.93. The number of benzene rings is 3. The van der Waals surface area contributed by atoms with Crippen molar-refractivity contribution in [3.63, 3.8) is 0 Å². The molecule has 0 amide bonds. The van der Waals surface area contributed by atoms with Gasteiger partial charge in [0.05, 0.1) is 29.4 Å². The van der Waals surface area contributed by atoms with Crippen LogP contribution in [-0.2, 0) is 11.2 Å². The second-order valence-corrected chi connectivity index (χ2v) is 9.67. The van der Waals surface area contributed by atoms with E-state index in [1.807, 2.05) is 12.1 Å². The Kier molecular flexibility index (Phi) is 7.11. The lowest BCUT2D eigenvalue weighted by molar-refractivity contribution is -0.139. The average Bonchev–Trinajstić information content (AvgIpc) is 3.35. The van der Waals surface area contributed by atoms with Crippen LogP contribution in [0.5, 0.6) is 17.2 Å². The van der Waals surface area contributed by atoms with E-state index in [0.29, 0.717) is 28.3 Å². The molecule has 1 aromatic heterocycles. The normalized spacial score (nSPS) is 14.5. The Labute approximate surface area is 227 Å². The van der Waals surface area contributed by atoms with Gasteiger partial charge in [-0.1, -0.05) is 40.9 Å². The molecule has 0 bridgehead atoms. The Morgan fingerprint density at radius 2 is 1.89 bits per heavy atom. The summed E-state index contributed by atoms with van der Waals surface area (Å²) in [6, 6.07) is 15.4. The summed E-state index contributed by atoms with van der Waals surface area (Å²) in [5, 5.41) is 14.7. The number of carbonyl (C=O) groups excluding carboxylic acids is 1. The van der Waals surface area contributed by atoms with Gasteiger partial charge in [0, 0.05) is 28.8 Å². The molecule has 0 spiro atoms. The van der Waals surface area contributed by atoms with E-state index in [0.717, 1.165) is 11.3 Å². The molecule has 5 rings (SSSR count). The maximum absolute atomic E-state index is 12.8. The first kappa shape index (κ1) is 25.1. The first-order chi connectivity index (χ1) is 17.8. The highest BCUT2D eigenvalue weighted by atomic mass is 35.5. The van der Waals surface area contributed by atoms with Crippen molar-refractivity contribution in [2.75, 3.05) is 6.61 Å². The number of carboxylic acids is 1. The molecule has 2 heterocycles. The van der Waals surface area contributed by atoms with Crippen molar-refractivity contribution in [2.45, 2.75) is 18.8 Å². The van der Waals surface area contributed by atoms with E-state index in [4.69, 9.17) is 44.3 Å². The number of aliphatic carboxylic acids is 1. The molecule has 1 aliphatic heterocycles. The average molecular weight is 558 g/mol. The van der Waals surface area contributed by atoms with Gasteiger partial charge in [-0.2, -0.15) is 5.10 Å². The lowest BCUT2D eigenvalue weighted by Gasteiger charge is -2.25. The third kappa shape index (κ3) is 5.30. The van der Waals surface area contributed by atoms with Crippen LogP contribution in [0.3, 0.4) is 0 Å². The Morgan fingerprint density at radius 1 is 1.11 bits per heavy atom. The third-order valence-electron chi connectivity index (χ3n) is 5.96. The zero-order valence-electron chi connectivity index (χ0n) is 19.2. The van der Waals surface area contributed by atoms with Gasteiger partial charge >= 0.3 is 5.97 Å². The highest BCUT2D eigenvalue weighted by Gasteiger charge is 2.32. The molecule has 0 unspecified atom stereocenters. The number of ketones is 1. The molecule has 37 heavy (non-hydrogen) atoms. The van der Waals surface area contributed by atoms with Crippen LogP contribution in [0.2, 0.25) is 15.1 Å². The van der Waals surface area contributed by atoms with Gasteiger partial charge in [0.15, 0.2) is 11.5 Å². The van der Waals surface area contributed by atoms with Crippen LogP contribution in [0.25, 0.3) is 5.69 Å². The van der Waals surface area contributed by atoms with Gasteiger partial charge in [0.25, 0.3) is 0 Å². The van der Waals surface area contributed by atoms with E-state index >= 15 is 0 Å². The zero-order chi connectivity index (χ0) is 26.1. The summed E-state index contributed by atoms with van der Waals surface area (Å²) in [6.07, 6.45) is 3.93. The molecule has 0 fully saturated rings. The third-order valence-corrected chi connectivity index (χ3v) is 6.82. The fourth-order valence-corrected chi connectivity index (χ4v) is 4.91. The van der Waals surface area contributed by atoms with Gasteiger partial charge < -0.3 is 14.6 Å². The van der Waals surface area contributed by atoms with Crippen LogP contribution >= 0.6 is 34.8 Å². The van der Waals surface area contributed by atoms with E-state index in [2.05, 4.69) is 5.10 Å². The number of halogens is 3. The summed E-state index contributed by atoms with van der Waals surface area (Å²) >= 11 is 18.9. The molecular formula is C27H19Cl3N2O5. The van der Waals surface area contributed by atoms with E-state index in [-0.39, 0.29) is 40.4 Å². The number of hydrogen-bond acceptors (Lipinski definition) is 5. The molecule has 1 atom stereocenters. The first-order valence-corrected chi connectivity index (χ1v) is 12.4. The lowest BCUT2D eigenvalue weighted by Crippen LogP contribution is -2.21. The van der Waals surface area contributed by atoms with Crippen molar-refractivity contribution in [3.8, 4) is 22.9 Å². The summed E-state index contributed by atoms with van der Waals surface area (Å²) in [6.45, 7) is 0.222. The molecule has 1 N–H and O–H groups in total. The Morgan fingerprint density at radius 3 is 2.62 bits per heavy atom. The smallest absolute Gasteiger partial charge is 0.311 e. The number of ether oxygens (including phenoxy) is 2. The van der Waals surface area contributed by atoms with Crippen molar-refractivity contribution < 1.29 is 24.2 Å². The monoisotopic (exact) mass is 556 g/mol. The number of aromatic nitrogens is 2. The molecule has 0 aliphatic carbocycles. The van der Waals surface area contributed by atoms with Crippen LogP contribution in [0.1, 0.15) is 33.8 Å². The molecule has 0 radical (unpaired) electrons. The predicted molar refractivity (Wildman–Crippen MR) is 140 cm³/mol. The fourth-order valence-electron chi connectivity index (χ4n) is 4.12. The van der Waals surface area contributed by atoms with Crippen molar-refractivity contribution in [1.82, 2.24) is 9.78 Å². The number of fused-ring (bicyclic) bond motifs is 1. The highest BCUT2D eigenvalue weighted by molar-refractivity contribution is 6.38. The Hall–Kier alpha value is -3.52. The number of carboxylic acid groups (broad SMARTS) is 1. The largest absolute Gasteiger partial charge is 0.492 e. The maximum Gasteiger partial charge on any atom is 0.311 e. The van der Waals surface area contributed by atoms with E-state index in [1.165, 1.54) is 6.07 Å². The quantitative estimate of drug-likeness (QED) is 0.246. The fraction of sp³-hybridized carbons (Fsp3) is 0.148. The molecule has 3 aromatic carbocycles. The number of hydrogen-bond donors (Lipinski definition) is 1. The molecule has 4 aromatic rings. The number of carbonyl (C=O) groups is 2. The molecule has 1 aliphatic rings. The minimum absolute atomic E-state index is 0.0878.